The predicted octanol–water partition coefficient (Wildman–Crippen LogP) is 4.10. The standard InChI is InChI=1S/C19H24ClNO3/c1-10-9-13-11(2)16(20)12(3)18(24-6)17(13)21-14(10)7-8-15(22)19(4,5)23/h7-8,21,23H,9H2,1-6H3. The highest BCUT2D eigenvalue weighted by Crippen LogP contribution is 2.44. The van der Waals surface area contributed by atoms with Crippen molar-refractivity contribution in [1.29, 1.82) is 0 Å². The highest BCUT2D eigenvalue weighted by Gasteiger charge is 2.25. The Kier molecular flexibility index (Phi) is 5.11. The minimum Gasteiger partial charge on any atom is -0.494 e. The van der Waals surface area contributed by atoms with Crippen molar-refractivity contribution in [3.8, 4) is 5.75 Å². The Balaban J connectivity index is 2.45. The first-order valence-electron chi connectivity index (χ1n) is 7.85. The Morgan fingerprint density at radius 3 is 2.46 bits per heavy atom. The zero-order valence-corrected chi connectivity index (χ0v) is 15.8. The zero-order chi connectivity index (χ0) is 18.2. The predicted molar refractivity (Wildman–Crippen MR) is 97.9 cm³/mol. The third-order valence-electron chi connectivity index (χ3n) is 4.35. The molecule has 0 radical (unpaired) electrons. The number of ketones is 1. The second-order valence-corrected chi connectivity index (χ2v) is 7.08. The summed E-state index contributed by atoms with van der Waals surface area (Å²) in [6.07, 6.45) is 3.83. The Morgan fingerprint density at radius 1 is 1.29 bits per heavy atom. The Hall–Kier alpha value is -1.78. The number of carbonyl (C=O) groups is 1. The molecule has 0 saturated carbocycles. The smallest absolute Gasteiger partial charge is 0.186 e. The molecule has 130 valence electrons. The largest absolute Gasteiger partial charge is 0.494 e. The lowest BCUT2D eigenvalue weighted by atomic mass is 9.91. The van der Waals surface area contributed by atoms with Gasteiger partial charge in [-0.05, 0) is 69.9 Å². The maximum Gasteiger partial charge on any atom is 0.186 e. The van der Waals surface area contributed by atoms with Crippen molar-refractivity contribution in [2.45, 2.75) is 46.6 Å². The number of methoxy groups -OCH3 is 1. The molecular weight excluding hydrogens is 326 g/mol. The molecule has 0 spiro atoms. The molecule has 0 aliphatic carbocycles. The fourth-order valence-electron chi connectivity index (χ4n) is 2.78. The van der Waals surface area contributed by atoms with E-state index in [1.165, 1.54) is 19.9 Å². The van der Waals surface area contributed by atoms with E-state index in [1.54, 1.807) is 13.2 Å². The molecule has 2 N–H and O–H groups in total. The molecule has 4 nitrogen and oxygen atoms in total. The van der Waals surface area contributed by atoms with Gasteiger partial charge in [0.2, 0.25) is 0 Å². The van der Waals surface area contributed by atoms with E-state index in [4.69, 9.17) is 16.3 Å². The van der Waals surface area contributed by atoms with Crippen LogP contribution in [0.2, 0.25) is 5.02 Å². The lowest BCUT2D eigenvalue weighted by Crippen LogP contribution is -2.29. The second kappa shape index (κ2) is 6.61. The van der Waals surface area contributed by atoms with E-state index in [9.17, 15) is 9.90 Å². The van der Waals surface area contributed by atoms with Gasteiger partial charge in [0.1, 0.15) is 11.4 Å². The van der Waals surface area contributed by atoms with Crippen molar-refractivity contribution >= 4 is 23.1 Å². The van der Waals surface area contributed by atoms with Gasteiger partial charge in [0.25, 0.3) is 0 Å². The maximum absolute atomic E-state index is 11.9. The van der Waals surface area contributed by atoms with E-state index < -0.39 is 5.60 Å². The SMILES string of the molecule is COc1c(C)c(Cl)c(C)c2c1NC(C=CC(=O)C(C)(C)O)=C(C)C2. The van der Waals surface area contributed by atoms with Crippen LogP contribution in [-0.4, -0.2) is 23.6 Å². The van der Waals surface area contributed by atoms with E-state index in [0.29, 0.717) is 5.75 Å². The van der Waals surface area contributed by atoms with Gasteiger partial charge in [-0.15, -0.1) is 0 Å². The normalized spacial score (nSPS) is 14.7. The topological polar surface area (TPSA) is 58.6 Å². The number of allylic oxidation sites excluding steroid dienone is 2. The van der Waals surface area contributed by atoms with Crippen molar-refractivity contribution in [1.82, 2.24) is 0 Å². The van der Waals surface area contributed by atoms with Crippen LogP contribution in [0.5, 0.6) is 5.75 Å². The number of hydrogen-bond donors (Lipinski definition) is 2. The fourth-order valence-corrected chi connectivity index (χ4v) is 2.98. The molecule has 1 aliphatic rings. The molecule has 0 amide bonds. The first-order valence-corrected chi connectivity index (χ1v) is 8.22. The van der Waals surface area contributed by atoms with Gasteiger partial charge in [0, 0.05) is 11.3 Å². The average Bonchev–Trinajstić information content (AvgIpc) is 2.51. The molecule has 1 heterocycles. The van der Waals surface area contributed by atoms with Crippen molar-refractivity contribution in [3.63, 3.8) is 0 Å². The summed E-state index contributed by atoms with van der Waals surface area (Å²) in [6.45, 7) is 8.88. The van der Waals surface area contributed by atoms with Gasteiger partial charge in [-0.1, -0.05) is 11.6 Å². The Morgan fingerprint density at radius 2 is 1.92 bits per heavy atom. The number of ether oxygens (including phenoxy) is 1. The van der Waals surface area contributed by atoms with E-state index in [2.05, 4.69) is 5.32 Å². The van der Waals surface area contributed by atoms with Crippen LogP contribution in [0.15, 0.2) is 23.4 Å². The van der Waals surface area contributed by atoms with Gasteiger partial charge < -0.3 is 15.2 Å². The molecule has 0 unspecified atom stereocenters. The Labute approximate surface area is 148 Å². The molecule has 0 aromatic heterocycles. The third-order valence-corrected chi connectivity index (χ3v) is 4.92. The van der Waals surface area contributed by atoms with Gasteiger partial charge in [-0.2, -0.15) is 0 Å². The molecule has 5 heteroatoms. The fraction of sp³-hybridized carbons (Fsp3) is 0.421. The highest BCUT2D eigenvalue weighted by atomic mass is 35.5. The van der Waals surface area contributed by atoms with Crippen molar-refractivity contribution < 1.29 is 14.6 Å². The number of aliphatic hydroxyl groups is 1. The number of fused-ring (bicyclic) bond motifs is 1. The van der Waals surface area contributed by atoms with Crippen LogP contribution >= 0.6 is 11.6 Å². The number of hydrogen-bond acceptors (Lipinski definition) is 4. The number of carbonyl (C=O) groups excluding carboxylic acids is 1. The van der Waals surface area contributed by atoms with E-state index in [0.717, 1.165) is 45.1 Å². The maximum atomic E-state index is 11.9. The van der Waals surface area contributed by atoms with Crippen molar-refractivity contribution in [2.75, 3.05) is 12.4 Å². The minimum absolute atomic E-state index is 0.342. The number of halogens is 1. The average molecular weight is 350 g/mol. The van der Waals surface area contributed by atoms with Gasteiger partial charge in [0.05, 0.1) is 17.8 Å². The molecule has 2 rings (SSSR count). The summed E-state index contributed by atoms with van der Waals surface area (Å²) in [7, 11) is 1.62. The molecule has 1 aromatic carbocycles. The lowest BCUT2D eigenvalue weighted by Gasteiger charge is -2.27. The number of nitrogens with one attached hydrogen (secondary N) is 1. The summed E-state index contributed by atoms with van der Waals surface area (Å²) in [5.74, 6) is 0.374. The van der Waals surface area contributed by atoms with Crippen LogP contribution < -0.4 is 10.1 Å². The zero-order valence-electron chi connectivity index (χ0n) is 15.0. The number of anilines is 1. The highest BCUT2D eigenvalue weighted by molar-refractivity contribution is 6.32. The summed E-state index contributed by atoms with van der Waals surface area (Å²) >= 11 is 6.43. The molecule has 1 aromatic rings. The van der Waals surface area contributed by atoms with Gasteiger partial charge in [0.15, 0.2) is 5.78 Å². The summed E-state index contributed by atoms with van der Waals surface area (Å²) in [4.78, 5) is 11.9. The second-order valence-electron chi connectivity index (χ2n) is 6.70. The minimum atomic E-state index is -1.38. The third kappa shape index (κ3) is 3.35. The molecule has 0 fully saturated rings. The summed E-state index contributed by atoms with van der Waals surface area (Å²) < 4.78 is 5.54. The van der Waals surface area contributed by atoms with Crippen LogP contribution in [0, 0.1) is 13.8 Å². The van der Waals surface area contributed by atoms with Crippen LogP contribution in [0.4, 0.5) is 5.69 Å². The monoisotopic (exact) mass is 349 g/mol. The summed E-state index contributed by atoms with van der Waals surface area (Å²) in [5.41, 5.74) is 4.46. The summed E-state index contributed by atoms with van der Waals surface area (Å²) in [5, 5.41) is 13.8. The van der Waals surface area contributed by atoms with Crippen molar-refractivity contribution in [2.24, 2.45) is 0 Å². The summed E-state index contributed by atoms with van der Waals surface area (Å²) in [6, 6.07) is 0. The van der Waals surface area contributed by atoms with E-state index in [-0.39, 0.29) is 5.78 Å². The van der Waals surface area contributed by atoms with Crippen LogP contribution in [-0.2, 0) is 11.2 Å². The molecule has 0 bridgehead atoms. The number of benzene rings is 1. The van der Waals surface area contributed by atoms with E-state index in [1.807, 2.05) is 20.8 Å². The van der Waals surface area contributed by atoms with Crippen LogP contribution in [0.25, 0.3) is 0 Å². The van der Waals surface area contributed by atoms with Crippen LogP contribution in [0.1, 0.15) is 37.5 Å². The number of rotatable bonds is 4. The molecule has 0 atom stereocenters. The molecular formula is C19H24ClNO3. The Bertz CT molecular complexity index is 755. The van der Waals surface area contributed by atoms with Crippen LogP contribution in [0.3, 0.4) is 0 Å². The van der Waals surface area contributed by atoms with Gasteiger partial charge in [-0.25, -0.2) is 0 Å². The van der Waals surface area contributed by atoms with Crippen molar-refractivity contribution in [3.05, 3.63) is 45.1 Å². The first kappa shape index (κ1) is 18.6. The van der Waals surface area contributed by atoms with Gasteiger partial charge in [-0.3, -0.25) is 4.79 Å². The molecule has 24 heavy (non-hydrogen) atoms. The quantitative estimate of drug-likeness (QED) is 0.803. The molecule has 0 saturated heterocycles. The van der Waals surface area contributed by atoms with Gasteiger partial charge >= 0.3 is 0 Å². The lowest BCUT2D eigenvalue weighted by molar-refractivity contribution is -0.128. The van der Waals surface area contributed by atoms with E-state index >= 15 is 0 Å². The first-order chi connectivity index (χ1) is 11.1. The molecule has 1 aliphatic heterocycles.